The summed E-state index contributed by atoms with van der Waals surface area (Å²) in [6, 6.07) is 5.88. The molecule has 4 rings (SSSR count). The maximum Gasteiger partial charge on any atom is 0.407 e. The van der Waals surface area contributed by atoms with E-state index in [-0.39, 0.29) is 17.9 Å². The van der Waals surface area contributed by atoms with E-state index in [9.17, 15) is 9.90 Å². The Balaban J connectivity index is 1.31. The predicted molar refractivity (Wildman–Crippen MR) is 113 cm³/mol. The van der Waals surface area contributed by atoms with E-state index in [1.54, 1.807) is 6.07 Å². The molecule has 1 amide bonds. The van der Waals surface area contributed by atoms with E-state index in [1.807, 2.05) is 40.7 Å². The van der Waals surface area contributed by atoms with Crippen LogP contribution in [-0.2, 0) is 11.3 Å². The van der Waals surface area contributed by atoms with Crippen molar-refractivity contribution in [1.29, 1.82) is 0 Å². The Labute approximate surface area is 177 Å². The summed E-state index contributed by atoms with van der Waals surface area (Å²) in [5.41, 5.74) is 3.61. The van der Waals surface area contributed by atoms with Gasteiger partial charge in [0.25, 0.3) is 0 Å². The number of alkyl carbamates (subject to hydrolysis) is 1. The molecule has 162 valence electrons. The van der Waals surface area contributed by atoms with E-state index in [2.05, 4.69) is 21.4 Å². The number of carbonyl (C=O) groups is 1. The average molecular weight is 414 g/mol. The zero-order valence-electron chi connectivity index (χ0n) is 18.4. The van der Waals surface area contributed by atoms with Gasteiger partial charge in [0.05, 0.1) is 5.69 Å². The van der Waals surface area contributed by atoms with E-state index < -0.39 is 5.60 Å². The van der Waals surface area contributed by atoms with Crippen LogP contribution in [0.15, 0.2) is 22.7 Å². The highest BCUT2D eigenvalue weighted by atomic mass is 16.6. The first-order chi connectivity index (χ1) is 14.0. The number of benzene rings is 1. The van der Waals surface area contributed by atoms with Gasteiger partial charge in [-0.3, -0.25) is 4.90 Å². The van der Waals surface area contributed by atoms with Crippen LogP contribution >= 0.6 is 0 Å². The number of aromatic hydroxyl groups is 1. The third-order valence-corrected chi connectivity index (χ3v) is 5.90. The average Bonchev–Trinajstić information content (AvgIpc) is 2.87. The molecule has 2 aromatic rings. The number of ether oxygens (including phenoxy) is 1. The molecule has 0 bridgehead atoms. The van der Waals surface area contributed by atoms with Crippen LogP contribution in [0.2, 0.25) is 0 Å². The summed E-state index contributed by atoms with van der Waals surface area (Å²) in [5, 5.41) is 17.2. The number of rotatable bonds is 4. The Kier molecular flexibility index (Phi) is 5.04. The first-order valence-electron chi connectivity index (χ1n) is 10.5. The zero-order valence-corrected chi connectivity index (χ0v) is 18.4. The number of carbonyl (C=O) groups excluding carboxylic acids is 1. The molecule has 1 aromatic heterocycles. The first kappa shape index (κ1) is 20.7. The third-order valence-electron chi connectivity index (χ3n) is 5.90. The van der Waals surface area contributed by atoms with E-state index in [0.717, 1.165) is 60.6 Å². The van der Waals surface area contributed by atoms with E-state index in [4.69, 9.17) is 9.26 Å². The smallest absolute Gasteiger partial charge is 0.407 e. The molecule has 7 heteroatoms. The van der Waals surface area contributed by atoms with Crippen LogP contribution in [0, 0.1) is 19.3 Å². The normalized spacial score (nSPS) is 18.7. The minimum atomic E-state index is -0.470. The van der Waals surface area contributed by atoms with E-state index in [0.29, 0.717) is 5.41 Å². The molecule has 1 aromatic carbocycles. The lowest BCUT2D eigenvalue weighted by molar-refractivity contribution is -0.0830. The number of aromatic nitrogens is 1. The second kappa shape index (κ2) is 7.30. The van der Waals surface area contributed by atoms with E-state index >= 15 is 0 Å². The third kappa shape index (κ3) is 4.31. The molecule has 1 spiro atoms. The SMILES string of the molecule is Cc1noc(C)c1-c1cc(O)cc(CN2CC3(CC(NC(=O)OC(C)(C)C)C3)C2)c1. The summed E-state index contributed by atoms with van der Waals surface area (Å²) in [4.78, 5) is 14.3. The lowest BCUT2D eigenvalue weighted by Gasteiger charge is -2.59. The molecule has 2 aliphatic rings. The number of hydrogen-bond acceptors (Lipinski definition) is 6. The number of amides is 1. The molecule has 30 heavy (non-hydrogen) atoms. The molecule has 7 nitrogen and oxygen atoms in total. The first-order valence-corrected chi connectivity index (χ1v) is 10.5. The summed E-state index contributed by atoms with van der Waals surface area (Å²) < 4.78 is 10.6. The van der Waals surface area contributed by atoms with Crippen LogP contribution in [-0.4, -0.2) is 46.0 Å². The van der Waals surface area contributed by atoms with Gasteiger partial charge in [0, 0.05) is 31.2 Å². The number of likely N-dealkylation sites (tertiary alicyclic amines) is 1. The fraction of sp³-hybridized carbons (Fsp3) is 0.565. The van der Waals surface area contributed by atoms with Crippen LogP contribution in [0.25, 0.3) is 11.1 Å². The van der Waals surface area contributed by atoms with Gasteiger partial charge in [-0.25, -0.2) is 4.79 Å². The Morgan fingerprint density at radius 2 is 2.00 bits per heavy atom. The van der Waals surface area contributed by atoms with Gasteiger partial charge in [0.15, 0.2) is 0 Å². The van der Waals surface area contributed by atoms with Crippen molar-refractivity contribution in [3.05, 3.63) is 35.2 Å². The van der Waals surface area contributed by atoms with Crippen LogP contribution in [0.4, 0.5) is 4.79 Å². The highest BCUT2D eigenvalue weighted by Crippen LogP contribution is 2.49. The predicted octanol–water partition coefficient (Wildman–Crippen LogP) is 4.15. The number of nitrogens with one attached hydrogen (secondary N) is 1. The number of phenols is 1. The summed E-state index contributed by atoms with van der Waals surface area (Å²) in [5.74, 6) is 1.01. The Bertz CT molecular complexity index is 926. The molecular weight excluding hydrogens is 382 g/mol. The second-order valence-electron chi connectivity index (χ2n) is 9.98. The molecule has 2 fully saturated rings. The van der Waals surface area contributed by atoms with Crippen LogP contribution in [0.3, 0.4) is 0 Å². The van der Waals surface area contributed by atoms with Crippen molar-refractivity contribution >= 4 is 6.09 Å². The number of aryl methyl sites for hydroxylation is 2. The molecule has 0 radical (unpaired) electrons. The summed E-state index contributed by atoms with van der Waals surface area (Å²) in [7, 11) is 0. The van der Waals surface area contributed by atoms with Gasteiger partial charge >= 0.3 is 6.09 Å². The molecule has 1 saturated carbocycles. The summed E-state index contributed by atoms with van der Waals surface area (Å²) in [6.45, 7) is 12.2. The molecule has 1 aliphatic heterocycles. The van der Waals surface area contributed by atoms with Crippen molar-refractivity contribution < 1.29 is 19.2 Å². The Hall–Kier alpha value is -2.54. The largest absolute Gasteiger partial charge is 0.508 e. The zero-order chi connectivity index (χ0) is 21.7. The highest BCUT2D eigenvalue weighted by molar-refractivity contribution is 5.70. The summed E-state index contributed by atoms with van der Waals surface area (Å²) >= 11 is 0. The van der Waals surface area contributed by atoms with E-state index in [1.165, 1.54) is 0 Å². The lowest BCUT2D eigenvalue weighted by atomic mass is 9.60. The Morgan fingerprint density at radius 1 is 1.30 bits per heavy atom. The molecule has 0 atom stereocenters. The fourth-order valence-electron chi connectivity index (χ4n) is 4.90. The molecule has 1 aliphatic carbocycles. The van der Waals surface area contributed by atoms with Gasteiger partial charge in [0.2, 0.25) is 0 Å². The molecule has 2 N–H and O–H groups in total. The van der Waals surface area contributed by atoms with Crippen LogP contribution < -0.4 is 5.32 Å². The number of hydrogen-bond donors (Lipinski definition) is 2. The molecule has 0 unspecified atom stereocenters. The van der Waals surface area contributed by atoms with Crippen molar-refractivity contribution in [3.63, 3.8) is 0 Å². The van der Waals surface area contributed by atoms with Gasteiger partial charge in [0.1, 0.15) is 17.1 Å². The molecule has 1 saturated heterocycles. The molecular formula is C23H31N3O4. The van der Waals surface area contributed by atoms with Crippen molar-refractivity contribution in [2.24, 2.45) is 5.41 Å². The van der Waals surface area contributed by atoms with Crippen molar-refractivity contribution in [3.8, 4) is 16.9 Å². The van der Waals surface area contributed by atoms with Crippen LogP contribution in [0.1, 0.15) is 50.6 Å². The van der Waals surface area contributed by atoms with Gasteiger partial charge in [-0.1, -0.05) is 5.16 Å². The topological polar surface area (TPSA) is 87.8 Å². The van der Waals surface area contributed by atoms with Gasteiger partial charge in [-0.15, -0.1) is 0 Å². The summed E-state index contributed by atoms with van der Waals surface area (Å²) in [6.07, 6.45) is 1.66. The lowest BCUT2D eigenvalue weighted by Crippen LogP contribution is -2.66. The van der Waals surface area contributed by atoms with Crippen molar-refractivity contribution in [1.82, 2.24) is 15.4 Å². The van der Waals surface area contributed by atoms with Gasteiger partial charge in [-0.2, -0.15) is 0 Å². The van der Waals surface area contributed by atoms with Crippen molar-refractivity contribution in [2.75, 3.05) is 13.1 Å². The standard InChI is InChI=1S/C23H31N3O4/c1-14-20(15(2)30-25-14)17-6-16(7-19(27)8-17)11-26-12-23(13-26)9-18(10-23)24-21(28)29-22(3,4)5/h6-8,18,27H,9-13H2,1-5H3,(H,24,28). The minimum Gasteiger partial charge on any atom is -0.508 e. The maximum absolute atomic E-state index is 11.9. The fourth-order valence-corrected chi connectivity index (χ4v) is 4.90. The monoisotopic (exact) mass is 413 g/mol. The van der Waals surface area contributed by atoms with Gasteiger partial charge < -0.3 is 19.7 Å². The number of phenolic OH excluding ortho intramolecular Hbond substituents is 1. The number of nitrogens with zero attached hydrogens (tertiary/aromatic N) is 2. The Morgan fingerprint density at radius 3 is 2.60 bits per heavy atom. The van der Waals surface area contributed by atoms with Gasteiger partial charge in [-0.05, 0) is 82.2 Å². The maximum atomic E-state index is 11.9. The molecule has 2 heterocycles. The van der Waals surface area contributed by atoms with Crippen LogP contribution in [0.5, 0.6) is 5.75 Å². The second-order valence-corrected chi connectivity index (χ2v) is 9.98. The quantitative estimate of drug-likeness (QED) is 0.783. The van der Waals surface area contributed by atoms with Crippen molar-refractivity contribution in [2.45, 2.75) is 65.6 Å². The minimum absolute atomic E-state index is 0.203. The highest BCUT2D eigenvalue weighted by Gasteiger charge is 2.52.